The fraction of sp³-hybridized carbons (Fsp3) is 0.700. The van der Waals surface area contributed by atoms with E-state index in [0.29, 0.717) is 17.7 Å². The molecule has 4 unspecified atom stereocenters. The van der Waals surface area contributed by atoms with Gasteiger partial charge in [0.25, 0.3) is 0 Å². The smallest absolute Gasteiger partial charge is 0.410 e. The standard InChI is InChI=1S/C20H31N7O5/c1-19(2,3)32-18(28)26(7-6-21)8-11-13-14(31-20(4,5)30-13)17(29-11)27-10-25-12-15(22)23-9-24-16(12)27/h9-11,13-14,17H,6-8,21H2,1-5H3,(H2,22,23,24). The van der Waals surface area contributed by atoms with Gasteiger partial charge in [-0.2, -0.15) is 0 Å². The Hall–Kier alpha value is -2.54. The van der Waals surface area contributed by atoms with E-state index in [0.717, 1.165) is 0 Å². The van der Waals surface area contributed by atoms with E-state index in [1.807, 2.05) is 34.6 Å². The molecule has 12 nitrogen and oxygen atoms in total. The third kappa shape index (κ3) is 4.35. The van der Waals surface area contributed by atoms with Crippen molar-refractivity contribution < 1.29 is 23.7 Å². The molecule has 2 aromatic rings. The first kappa shape index (κ1) is 22.6. The zero-order chi connectivity index (χ0) is 23.3. The van der Waals surface area contributed by atoms with Crippen LogP contribution in [0.3, 0.4) is 0 Å². The summed E-state index contributed by atoms with van der Waals surface area (Å²) in [6, 6.07) is 0. The molecule has 2 fully saturated rings. The summed E-state index contributed by atoms with van der Waals surface area (Å²) in [5.41, 5.74) is 12.1. The van der Waals surface area contributed by atoms with Crippen LogP contribution in [0.2, 0.25) is 0 Å². The molecule has 0 aromatic carbocycles. The van der Waals surface area contributed by atoms with Crippen LogP contribution in [-0.2, 0) is 18.9 Å². The first-order valence-corrected chi connectivity index (χ1v) is 10.6. The number of hydrogen-bond donors (Lipinski definition) is 2. The molecule has 2 aromatic heterocycles. The summed E-state index contributed by atoms with van der Waals surface area (Å²) in [6.45, 7) is 9.97. The molecule has 4 rings (SSSR count). The number of ether oxygens (including phenoxy) is 4. The van der Waals surface area contributed by atoms with Gasteiger partial charge in [0.1, 0.15) is 35.8 Å². The van der Waals surface area contributed by atoms with E-state index in [9.17, 15) is 4.79 Å². The van der Waals surface area contributed by atoms with Crippen LogP contribution in [0.1, 0.15) is 40.8 Å². The van der Waals surface area contributed by atoms with E-state index in [-0.39, 0.29) is 18.9 Å². The highest BCUT2D eigenvalue weighted by Crippen LogP contribution is 2.44. The van der Waals surface area contributed by atoms with E-state index in [4.69, 9.17) is 30.4 Å². The number of amides is 1. The molecule has 1 amide bonds. The minimum atomic E-state index is -0.815. The van der Waals surface area contributed by atoms with Crippen molar-refractivity contribution in [2.75, 3.05) is 25.4 Å². The molecule has 2 saturated heterocycles. The third-order valence-corrected chi connectivity index (χ3v) is 5.24. The minimum absolute atomic E-state index is 0.229. The van der Waals surface area contributed by atoms with Gasteiger partial charge in [0.2, 0.25) is 0 Å². The van der Waals surface area contributed by atoms with E-state index >= 15 is 0 Å². The van der Waals surface area contributed by atoms with Crippen LogP contribution in [0, 0.1) is 0 Å². The molecular formula is C20H31N7O5. The van der Waals surface area contributed by atoms with Crippen LogP contribution in [0.25, 0.3) is 11.2 Å². The second kappa shape index (κ2) is 8.10. The highest BCUT2D eigenvalue weighted by molar-refractivity contribution is 5.81. The molecule has 176 valence electrons. The van der Waals surface area contributed by atoms with Crippen LogP contribution in [0.15, 0.2) is 12.7 Å². The van der Waals surface area contributed by atoms with Crippen LogP contribution in [-0.4, -0.2) is 79.8 Å². The van der Waals surface area contributed by atoms with Gasteiger partial charge in [-0.3, -0.25) is 4.57 Å². The molecule has 4 heterocycles. The summed E-state index contributed by atoms with van der Waals surface area (Å²) >= 11 is 0. The summed E-state index contributed by atoms with van der Waals surface area (Å²) in [7, 11) is 0. The normalized spacial score (nSPS) is 26.9. The predicted octanol–water partition coefficient (Wildman–Crippen LogP) is 1.02. The zero-order valence-electron chi connectivity index (χ0n) is 19.0. The lowest BCUT2D eigenvalue weighted by atomic mass is 10.1. The van der Waals surface area contributed by atoms with Crippen molar-refractivity contribution in [1.82, 2.24) is 24.4 Å². The van der Waals surface area contributed by atoms with Crippen molar-refractivity contribution in [3.63, 3.8) is 0 Å². The Morgan fingerprint density at radius 3 is 2.66 bits per heavy atom. The van der Waals surface area contributed by atoms with Crippen LogP contribution in [0.4, 0.5) is 10.6 Å². The van der Waals surface area contributed by atoms with Crippen molar-refractivity contribution in [1.29, 1.82) is 0 Å². The Bertz CT molecular complexity index is 988. The molecule has 0 saturated carbocycles. The molecule has 2 aliphatic heterocycles. The summed E-state index contributed by atoms with van der Waals surface area (Å²) < 4.78 is 26.0. The lowest BCUT2D eigenvalue weighted by Gasteiger charge is -2.30. The Morgan fingerprint density at radius 1 is 1.25 bits per heavy atom. The van der Waals surface area contributed by atoms with Gasteiger partial charge < -0.3 is 35.3 Å². The highest BCUT2D eigenvalue weighted by atomic mass is 16.8. The molecule has 32 heavy (non-hydrogen) atoms. The minimum Gasteiger partial charge on any atom is -0.444 e. The molecule has 4 N–H and O–H groups in total. The van der Waals surface area contributed by atoms with E-state index in [1.165, 1.54) is 11.2 Å². The maximum Gasteiger partial charge on any atom is 0.410 e. The number of anilines is 1. The number of nitrogens with zero attached hydrogens (tertiary/aromatic N) is 5. The molecule has 0 radical (unpaired) electrons. The van der Waals surface area contributed by atoms with Crippen LogP contribution in [0.5, 0.6) is 0 Å². The number of rotatable bonds is 5. The summed E-state index contributed by atoms with van der Waals surface area (Å²) in [5.74, 6) is -0.534. The molecule has 0 spiro atoms. The second-order valence-electron chi connectivity index (χ2n) is 9.43. The second-order valence-corrected chi connectivity index (χ2v) is 9.43. The molecule has 12 heteroatoms. The number of nitrogen functional groups attached to an aromatic ring is 1. The number of carbonyl (C=O) groups excluding carboxylic acids is 1. The van der Waals surface area contributed by atoms with Gasteiger partial charge in [0.05, 0.1) is 12.9 Å². The monoisotopic (exact) mass is 449 g/mol. The number of imidazole rings is 1. The first-order chi connectivity index (χ1) is 15.0. The maximum absolute atomic E-state index is 12.8. The van der Waals surface area contributed by atoms with Crippen LogP contribution < -0.4 is 11.5 Å². The Labute approximate surface area is 186 Å². The Balaban J connectivity index is 1.62. The van der Waals surface area contributed by atoms with Crippen molar-refractivity contribution in [3.8, 4) is 0 Å². The number of carbonyl (C=O) groups is 1. The first-order valence-electron chi connectivity index (χ1n) is 10.6. The van der Waals surface area contributed by atoms with Gasteiger partial charge in [0.15, 0.2) is 23.5 Å². The Kier molecular flexibility index (Phi) is 5.74. The van der Waals surface area contributed by atoms with E-state index in [1.54, 1.807) is 10.9 Å². The highest BCUT2D eigenvalue weighted by Gasteiger charge is 2.56. The van der Waals surface area contributed by atoms with Crippen LogP contribution >= 0.6 is 0 Å². The largest absolute Gasteiger partial charge is 0.444 e. The Morgan fingerprint density at radius 2 is 1.97 bits per heavy atom. The average Bonchev–Trinajstić information content (AvgIpc) is 3.32. The zero-order valence-corrected chi connectivity index (χ0v) is 19.0. The van der Waals surface area contributed by atoms with E-state index < -0.39 is 42.0 Å². The van der Waals surface area contributed by atoms with Gasteiger partial charge in [-0.05, 0) is 34.6 Å². The van der Waals surface area contributed by atoms with Crippen molar-refractivity contribution in [2.24, 2.45) is 5.73 Å². The van der Waals surface area contributed by atoms with Crippen molar-refractivity contribution in [2.45, 2.75) is 70.5 Å². The fourth-order valence-corrected chi connectivity index (χ4v) is 4.04. The van der Waals surface area contributed by atoms with Gasteiger partial charge in [-0.1, -0.05) is 0 Å². The van der Waals surface area contributed by atoms with Crippen molar-refractivity contribution in [3.05, 3.63) is 12.7 Å². The van der Waals surface area contributed by atoms with Crippen molar-refractivity contribution >= 4 is 23.1 Å². The van der Waals surface area contributed by atoms with Gasteiger partial charge >= 0.3 is 6.09 Å². The topological polar surface area (TPSA) is 153 Å². The number of hydrogen-bond acceptors (Lipinski definition) is 10. The summed E-state index contributed by atoms with van der Waals surface area (Å²) in [4.78, 5) is 26.9. The lowest BCUT2D eigenvalue weighted by Crippen LogP contribution is -2.46. The van der Waals surface area contributed by atoms with Gasteiger partial charge in [-0.25, -0.2) is 19.7 Å². The lowest BCUT2D eigenvalue weighted by molar-refractivity contribution is -0.197. The molecular weight excluding hydrogens is 418 g/mol. The van der Waals surface area contributed by atoms with Gasteiger partial charge in [-0.15, -0.1) is 0 Å². The molecule has 0 aliphatic carbocycles. The summed E-state index contributed by atoms with van der Waals surface area (Å²) in [6.07, 6.45) is 0.586. The fourth-order valence-electron chi connectivity index (χ4n) is 4.04. The van der Waals surface area contributed by atoms with Gasteiger partial charge in [0, 0.05) is 13.1 Å². The SMILES string of the molecule is CC(C)(C)OC(=O)N(CCN)CC1OC(n2cnc3c(N)ncnc32)C2OC(C)(C)OC12. The predicted molar refractivity (Wildman–Crippen MR) is 114 cm³/mol. The average molecular weight is 450 g/mol. The third-order valence-electron chi connectivity index (χ3n) is 5.24. The molecule has 2 aliphatic rings. The molecule has 0 bridgehead atoms. The quantitative estimate of drug-likeness (QED) is 0.676. The summed E-state index contributed by atoms with van der Waals surface area (Å²) in [5, 5.41) is 0. The number of aromatic nitrogens is 4. The maximum atomic E-state index is 12.8. The molecule has 4 atom stereocenters. The number of fused-ring (bicyclic) bond motifs is 2. The number of nitrogens with two attached hydrogens (primary N) is 2. The van der Waals surface area contributed by atoms with E-state index in [2.05, 4.69) is 15.0 Å².